The first-order valence-electron chi connectivity index (χ1n) is 9.93. The Morgan fingerprint density at radius 3 is 2.48 bits per heavy atom. The topological polar surface area (TPSA) is 111 Å². The molecule has 33 heavy (non-hydrogen) atoms. The molecule has 9 nitrogen and oxygen atoms in total. The number of benzene rings is 2. The van der Waals surface area contributed by atoms with Crippen LogP contribution < -0.4 is 15.4 Å². The lowest BCUT2D eigenvalue weighted by Gasteiger charge is -2.09. The molecule has 0 aliphatic rings. The number of carbonyl (C=O) groups excluding carboxylic acids is 2. The summed E-state index contributed by atoms with van der Waals surface area (Å²) >= 11 is 0. The maximum atomic E-state index is 14.0. The number of halogens is 1. The van der Waals surface area contributed by atoms with Crippen LogP contribution in [0, 0.1) is 5.82 Å². The van der Waals surface area contributed by atoms with Crippen LogP contribution in [0.3, 0.4) is 0 Å². The fraction of sp³-hybridized carbons (Fsp3) is 0.130. The van der Waals surface area contributed by atoms with Gasteiger partial charge in [0.25, 0.3) is 5.89 Å². The van der Waals surface area contributed by atoms with Gasteiger partial charge >= 0.3 is 0 Å². The van der Waals surface area contributed by atoms with Gasteiger partial charge in [0.2, 0.25) is 17.6 Å². The second-order valence-corrected chi connectivity index (χ2v) is 7.10. The van der Waals surface area contributed by atoms with Crippen molar-refractivity contribution in [3.63, 3.8) is 0 Å². The second kappa shape index (κ2) is 9.35. The van der Waals surface area contributed by atoms with Crippen molar-refractivity contribution in [1.29, 1.82) is 0 Å². The lowest BCUT2D eigenvalue weighted by Crippen LogP contribution is -2.18. The molecule has 2 heterocycles. The van der Waals surface area contributed by atoms with E-state index in [2.05, 4.69) is 20.8 Å². The van der Waals surface area contributed by atoms with Gasteiger partial charge < -0.3 is 24.5 Å². The molecule has 2 aromatic carbocycles. The van der Waals surface area contributed by atoms with Crippen molar-refractivity contribution < 1.29 is 23.2 Å². The van der Waals surface area contributed by atoms with Crippen LogP contribution >= 0.6 is 0 Å². The average molecular weight is 449 g/mol. The van der Waals surface area contributed by atoms with E-state index in [9.17, 15) is 14.0 Å². The number of methoxy groups -OCH3 is 1. The highest BCUT2D eigenvalue weighted by atomic mass is 19.1. The van der Waals surface area contributed by atoms with Crippen LogP contribution in [0.5, 0.6) is 5.75 Å². The molecule has 0 saturated carbocycles. The third kappa shape index (κ3) is 5.06. The zero-order chi connectivity index (χ0) is 23.4. The molecule has 4 rings (SSSR count). The number of ether oxygens (including phenoxy) is 1. The monoisotopic (exact) mass is 449 g/mol. The third-order valence-electron chi connectivity index (χ3n) is 4.69. The maximum absolute atomic E-state index is 14.0. The fourth-order valence-corrected chi connectivity index (χ4v) is 3.19. The largest absolute Gasteiger partial charge is 0.494 e. The normalized spacial score (nSPS) is 10.6. The summed E-state index contributed by atoms with van der Waals surface area (Å²) in [6.07, 6.45) is 1.71. The summed E-state index contributed by atoms with van der Waals surface area (Å²) < 4.78 is 25.9. The van der Waals surface area contributed by atoms with E-state index in [4.69, 9.17) is 9.26 Å². The van der Waals surface area contributed by atoms with Gasteiger partial charge in [0, 0.05) is 30.1 Å². The van der Waals surface area contributed by atoms with Crippen LogP contribution in [-0.4, -0.2) is 33.6 Å². The summed E-state index contributed by atoms with van der Waals surface area (Å²) in [5.74, 6) is -0.453. The Labute approximate surface area is 188 Å². The molecule has 0 atom stereocenters. The average Bonchev–Trinajstić information content (AvgIpc) is 3.44. The van der Waals surface area contributed by atoms with Gasteiger partial charge in [-0.3, -0.25) is 9.59 Å². The van der Waals surface area contributed by atoms with Gasteiger partial charge in [-0.1, -0.05) is 5.16 Å². The first-order valence-corrected chi connectivity index (χ1v) is 9.93. The smallest absolute Gasteiger partial charge is 0.274 e. The van der Waals surface area contributed by atoms with E-state index in [0.29, 0.717) is 22.6 Å². The van der Waals surface area contributed by atoms with Crippen molar-refractivity contribution in [3.05, 3.63) is 66.6 Å². The number of aromatic nitrogens is 3. The molecule has 2 aromatic heterocycles. The van der Waals surface area contributed by atoms with Crippen molar-refractivity contribution in [2.75, 3.05) is 17.7 Å². The third-order valence-corrected chi connectivity index (χ3v) is 4.69. The van der Waals surface area contributed by atoms with Crippen LogP contribution in [0.4, 0.5) is 15.8 Å². The predicted octanol–water partition coefficient (Wildman–Crippen LogP) is 3.95. The van der Waals surface area contributed by atoms with E-state index in [1.54, 1.807) is 53.2 Å². The number of nitrogens with one attached hydrogen (secondary N) is 2. The number of hydrogen-bond donors (Lipinski definition) is 2. The number of rotatable bonds is 7. The Balaban J connectivity index is 1.46. The Hall–Kier alpha value is -4.47. The Kier molecular flexibility index (Phi) is 6.16. The van der Waals surface area contributed by atoms with E-state index in [-0.39, 0.29) is 35.8 Å². The van der Waals surface area contributed by atoms with Gasteiger partial charge in [0.1, 0.15) is 12.2 Å². The van der Waals surface area contributed by atoms with Crippen LogP contribution in [0.1, 0.15) is 6.92 Å². The molecule has 0 unspecified atom stereocenters. The van der Waals surface area contributed by atoms with Gasteiger partial charge in [-0.2, -0.15) is 4.98 Å². The van der Waals surface area contributed by atoms with Gasteiger partial charge in [0.15, 0.2) is 11.6 Å². The van der Waals surface area contributed by atoms with Gasteiger partial charge in [-0.25, -0.2) is 4.39 Å². The highest BCUT2D eigenvalue weighted by molar-refractivity contribution is 5.92. The molecule has 0 bridgehead atoms. The highest BCUT2D eigenvalue weighted by Gasteiger charge is 2.17. The standard InChI is InChI=1S/C23H20FN5O4/c1-14(30)25-16-6-8-17(9-7-16)26-21(31)13-29-11-3-4-19(29)23-27-22(28-33-23)15-5-10-20(32-2)18(24)12-15/h3-12H,13H2,1-2H3,(H,25,30)(H,26,31). The van der Waals surface area contributed by atoms with Crippen molar-refractivity contribution in [1.82, 2.24) is 14.7 Å². The molecule has 0 radical (unpaired) electrons. The molecular formula is C23H20FN5O4. The molecule has 2 amide bonds. The van der Waals surface area contributed by atoms with E-state index < -0.39 is 5.82 Å². The summed E-state index contributed by atoms with van der Waals surface area (Å²) in [5, 5.41) is 9.38. The SMILES string of the molecule is COc1ccc(-c2noc(-c3cccn3CC(=O)Nc3ccc(NC(C)=O)cc3)n2)cc1F. The van der Waals surface area contributed by atoms with Crippen molar-refractivity contribution in [2.24, 2.45) is 0 Å². The number of amides is 2. The molecule has 0 saturated heterocycles. The minimum Gasteiger partial charge on any atom is -0.494 e. The van der Waals surface area contributed by atoms with Gasteiger partial charge in [-0.15, -0.1) is 0 Å². The number of carbonyl (C=O) groups is 2. The molecular weight excluding hydrogens is 429 g/mol. The van der Waals surface area contributed by atoms with Crippen LogP contribution in [-0.2, 0) is 16.1 Å². The summed E-state index contributed by atoms with van der Waals surface area (Å²) in [5.41, 5.74) is 2.20. The summed E-state index contributed by atoms with van der Waals surface area (Å²) in [7, 11) is 1.38. The number of hydrogen-bond acceptors (Lipinski definition) is 6. The molecule has 168 valence electrons. The summed E-state index contributed by atoms with van der Waals surface area (Å²) in [4.78, 5) is 28.0. The van der Waals surface area contributed by atoms with Crippen molar-refractivity contribution in [3.8, 4) is 28.7 Å². The second-order valence-electron chi connectivity index (χ2n) is 7.10. The molecule has 0 spiro atoms. The van der Waals surface area contributed by atoms with Crippen LogP contribution in [0.2, 0.25) is 0 Å². The number of nitrogens with zero attached hydrogens (tertiary/aromatic N) is 3. The first kappa shape index (κ1) is 21.8. The Morgan fingerprint density at radius 2 is 1.82 bits per heavy atom. The minimum absolute atomic E-state index is 0.00462. The Bertz CT molecular complexity index is 1300. The van der Waals surface area contributed by atoms with E-state index in [1.807, 2.05) is 0 Å². The summed E-state index contributed by atoms with van der Waals surface area (Å²) in [6, 6.07) is 14.6. The van der Waals surface area contributed by atoms with Crippen molar-refractivity contribution in [2.45, 2.75) is 13.5 Å². The van der Waals surface area contributed by atoms with Crippen LogP contribution in [0.25, 0.3) is 23.0 Å². The maximum Gasteiger partial charge on any atom is 0.274 e. The fourth-order valence-electron chi connectivity index (χ4n) is 3.19. The first-order chi connectivity index (χ1) is 15.9. The quantitative estimate of drug-likeness (QED) is 0.442. The van der Waals surface area contributed by atoms with Gasteiger partial charge in [0.05, 0.1) is 7.11 Å². The zero-order valence-electron chi connectivity index (χ0n) is 17.8. The Morgan fingerprint density at radius 1 is 1.09 bits per heavy atom. The molecule has 0 fully saturated rings. The molecule has 10 heteroatoms. The van der Waals surface area contributed by atoms with Crippen molar-refractivity contribution >= 4 is 23.2 Å². The van der Waals surface area contributed by atoms with Gasteiger partial charge in [-0.05, 0) is 54.6 Å². The van der Waals surface area contributed by atoms with E-state index >= 15 is 0 Å². The van der Waals surface area contributed by atoms with E-state index in [1.165, 1.54) is 26.2 Å². The molecule has 2 N–H and O–H groups in total. The zero-order valence-corrected chi connectivity index (χ0v) is 17.8. The predicted molar refractivity (Wildman–Crippen MR) is 119 cm³/mol. The lowest BCUT2D eigenvalue weighted by atomic mass is 10.2. The van der Waals surface area contributed by atoms with Crippen LogP contribution in [0.15, 0.2) is 65.3 Å². The molecule has 4 aromatic rings. The van der Waals surface area contributed by atoms with E-state index in [0.717, 1.165) is 0 Å². The summed E-state index contributed by atoms with van der Waals surface area (Å²) in [6.45, 7) is 1.43. The number of anilines is 2. The lowest BCUT2D eigenvalue weighted by molar-refractivity contribution is -0.117. The highest BCUT2D eigenvalue weighted by Crippen LogP contribution is 2.26. The molecule has 0 aliphatic carbocycles. The minimum atomic E-state index is -0.536. The molecule has 0 aliphatic heterocycles.